The van der Waals surface area contributed by atoms with Crippen LogP contribution in [0.1, 0.15) is 23.7 Å². The third kappa shape index (κ3) is 1.50. The fourth-order valence-electron chi connectivity index (χ4n) is 1.32. The Morgan fingerprint density at radius 3 is 2.71 bits per heavy atom. The van der Waals surface area contributed by atoms with E-state index in [9.17, 15) is 4.79 Å². The summed E-state index contributed by atoms with van der Waals surface area (Å²) < 4.78 is 11.1. The number of hydrogen-bond acceptors (Lipinski definition) is 3. The quantitative estimate of drug-likeness (QED) is 0.764. The molecule has 0 saturated heterocycles. The summed E-state index contributed by atoms with van der Waals surface area (Å²) in [6.45, 7) is 2.06. The maximum Gasteiger partial charge on any atom is 0.231 e. The lowest BCUT2D eigenvalue weighted by Gasteiger charge is -2.03. The summed E-state index contributed by atoms with van der Waals surface area (Å²) in [5.74, 6) is 1.42. The molecular formula is C10H9BrO3. The Morgan fingerprint density at radius 1 is 1.43 bits per heavy atom. The highest BCUT2D eigenvalue weighted by molar-refractivity contribution is 9.10. The van der Waals surface area contributed by atoms with E-state index in [-0.39, 0.29) is 12.6 Å². The van der Waals surface area contributed by atoms with E-state index in [4.69, 9.17) is 9.47 Å². The van der Waals surface area contributed by atoms with Gasteiger partial charge in [-0.05, 0) is 28.1 Å². The molecule has 1 aliphatic rings. The molecule has 0 N–H and O–H groups in total. The molecule has 0 spiro atoms. The van der Waals surface area contributed by atoms with Crippen molar-refractivity contribution in [3.63, 3.8) is 0 Å². The molecule has 74 valence electrons. The molecule has 2 rings (SSSR count). The third-order valence-corrected chi connectivity index (χ3v) is 2.74. The van der Waals surface area contributed by atoms with Crippen LogP contribution in [-0.4, -0.2) is 12.6 Å². The first-order valence-corrected chi connectivity index (χ1v) is 5.14. The number of hydrogen-bond donors (Lipinski definition) is 0. The molecule has 0 amide bonds. The van der Waals surface area contributed by atoms with E-state index in [2.05, 4.69) is 15.9 Å². The van der Waals surface area contributed by atoms with Gasteiger partial charge in [-0.1, -0.05) is 6.92 Å². The van der Waals surface area contributed by atoms with Gasteiger partial charge in [0.25, 0.3) is 0 Å². The smallest absolute Gasteiger partial charge is 0.231 e. The average molecular weight is 257 g/mol. The standard InChI is InChI=1S/C10H9BrO3/c1-2-8(12)6-3-9-10(4-7(6)11)14-5-13-9/h3-4H,2,5H2,1H3. The largest absolute Gasteiger partial charge is 0.454 e. The number of ketones is 1. The molecule has 0 aromatic heterocycles. The van der Waals surface area contributed by atoms with Gasteiger partial charge in [0.2, 0.25) is 6.79 Å². The van der Waals surface area contributed by atoms with E-state index in [0.29, 0.717) is 23.5 Å². The van der Waals surface area contributed by atoms with Crippen molar-refractivity contribution in [2.75, 3.05) is 6.79 Å². The number of benzene rings is 1. The van der Waals surface area contributed by atoms with Crippen molar-refractivity contribution in [2.45, 2.75) is 13.3 Å². The lowest BCUT2D eigenvalue weighted by Crippen LogP contribution is -1.97. The van der Waals surface area contributed by atoms with Gasteiger partial charge in [-0.15, -0.1) is 0 Å². The minimum Gasteiger partial charge on any atom is -0.454 e. The van der Waals surface area contributed by atoms with Crippen LogP contribution in [0.3, 0.4) is 0 Å². The fraction of sp³-hybridized carbons (Fsp3) is 0.300. The van der Waals surface area contributed by atoms with Crippen LogP contribution in [0.25, 0.3) is 0 Å². The second kappa shape index (κ2) is 3.61. The Hall–Kier alpha value is -1.03. The molecule has 4 heteroatoms. The molecule has 1 heterocycles. The van der Waals surface area contributed by atoms with Crippen LogP contribution in [0.15, 0.2) is 16.6 Å². The van der Waals surface area contributed by atoms with E-state index in [1.165, 1.54) is 0 Å². The molecule has 0 bridgehead atoms. The Bertz CT molecular complexity index is 387. The van der Waals surface area contributed by atoms with Crippen LogP contribution in [0.2, 0.25) is 0 Å². The Labute approximate surface area is 90.1 Å². The molecule has 0 radical (unpaired) electrons. The molecule has 0 aliphatic carbocycles. The van der Waals surface area contributed by atoms with Gasteiger partial charge in [0.15, 0.2) is 17.3 Å². The second-order valence-electron chi connectivity index (χ2n) is 2.96. The maximum absolute atomic E-state index is 11.5. The average Bonchev–Trinajstić information content (AvgIpc) is 2.62. The summed E-state index contributed by atoms with van der Waals surface area (Å²) in [6, 6.07) is 3.49. The van der Waals surface area contributed by atoms with Crippen molar-refractivity contribution >= 4 is 21.7 Å². The molecule has 3 nitrogen and oxygen atoms in total. The van der Waals surface area contributed by atoms with Gasteiger partial charge in [-0.2, -0.15) is 0 Å². The van der Waals surface area contributed by atoms with Crippen LogP contribution in [0, 0.1) is 0 Å². The number of halogens is 1. The molecule has 0 unspecified atom stereocenters. The molecule has 0 fully saturated rings. The first kappa shape index (κ1) is 9.52. The van der Waals surface area contributed by atoms with Gasteiger partial charge >= 0.3 is 0 Å². The number of ether oxygens (including phenoxy) is 2. The number of Topliss-reactive ketones (excluding diaryl/α,β-unsaturated/α-hetero) is 1. The minimum atomic E-state index is 0.0928. The van der Waals surface area contributed by atoms with Crippen LogP contribution in [0.5, 0.6) is 11.5 Å². The molecule has 1 aromatic rings. The Morgan fingerprint density at radius 2 is 2.07 bits per heavy atom. The van der Waals surface area contributed by atoms with E-state index in [1.807, 2.05) is 6.92 Å². The SMILES string of the molecule is CCC(=O)c1cc2c(cc1Br)OCO2. The maximum atomic E-state index is 11.5. The first-order chi connectivity index (χ1) is 6.72. The van der Waals surface area contributed by atoms with Crippen LogP contribution in [-0.2, 0) is 0 Å². The highest BCUT2D eigenvalue weighted by Gasteiger charge is 2.18. The summed E-state index contributed by atoms with van der Waals surface area (Å²) in [4.78, 5) is 11.5. The molecule has 0 saturated carbocycles. The van der Waals surface area contributed by atoms with Gasteiger partial charge in [-0.3, -0.25) is 4.79 Å². The summed E-state index contributed by atoms with van der Waals surface area (Å²) in [5, 5.41) is 0. The predicted molar refractivity (Wildman–Crippen MR) is 54.9 cm³/mol. The van der Waals surface area contributed by atoms with Gasteiger partial charge < -0.3 is 9.47 Å². The third-order valence-electron chi connectivity index (χ3n) is 2.08. The van der Waals surface area contributed by atoms with Crippen molar-refractivity contribution in [1.29, 1.82) is 0 Å². The van der Waals surface area contributed by atoms with Crippen LogP contribution < -0.4 is 9.47 Å². The van der Waals surface area contributed by atoms with Crippen molar-refractivity contribution in [3.05, 3.63) is 22.2 Å². The first-order valence-electron chi connectivity index (χ1n) is 4.34. The zero-order chi connectivity index (χ0) is 10.1. The minimum absolute atomic E-state index is 0.0928. The molecular weight excluding hydrogens is 248 g/mol. The van der Waals surface area contributed by atoms with Gasteiger partial charge in [0.1, 0.15) is 0 Å². The van der Waals surface area contributed by atoms with Crippen LogP contribution in [0.4, 0.5) is 0 Å². The zero-order valence-electron chi connectivity index (χ0n) is 7.67. The molecule has 0 atom stereocenters. The number of rotatable bonds is 2. The summed E-state index contributed by atoms with van der Waals surface area (Å²) in [5.41, 5.74) is 0.650. The second-order valence-corrected chi connectivity index (χ2v) is 3.82. The van der Waals surface area contributed by atoms with Gasteiger partial charge in [0.05, 0.1) is 0 Å². The highest BCUT2D eigenvalue weighted by Crippen LogP contribution is 2.37. The zero-order valence-corrected chi connectivity index (χ0v) is 9.26. The van der Waals surface area contributed by atoms with Gasteiger partial charge in [-0.25, -0.2) is 0 Å². The lowest BCUT2D eigenvalue weighted by molar-refractivity contribution is 0.0987. The van der Waals surface area contributed by atoms with Gasteiger partial charge in [0, 0.05) is 16.5 Å². The topological polar surface area (TPSA) is 35.5 Å². The Kier molecular flexibility index (Phi) is 2.46. The van der Waals surface area contributed by atoms with Crippen LogP contribution >= 0.6 is 15.9 Å². The lowest BCUT2D eigenvalue weighted by atomic mass is 10.1. The number of carbonyl (C=O) groups excluding carboxylic acids is 1. The van der Waals surface area contributed by atoms with E-state index >= 15 is 0 Å². The molecule has 1 aromatic carbocycles. The Balaban J connectivity index is 2.47. The van der Waals surface area contributed by atoms with E-state index < -0.39 is 0 Å². The number of carbonyl (C=O) groups is 1. The summed E-state index contributed by atoms with van der Waals surface area (Å²) in [6.07, 6.45) is 0.484. The van der Waals surface area contributed by atoms with Crippen molar-refractivity contribution < 1.29 is 14.3 Å². The highest BCUT2D eigenvalue weighted by atomic mass is 79.9. The van der Waals surface area contributed by atoms with Crippen molar-refractivity contribution in [2.24, 2.45) is 0 Å². The van der Waals surface area contributed by atoms with E-state index in [1.54, 1.807) is 12.1 Å². The van der Waals surface area contributed by atoms with E-state index in [0.717, 1.165) is 4.47 Å². The van der Waals surface area contributed by atoms with Crippen molar-refractivity contribution in [3.8, 4) is 11.5 Å². The summed E-state index contributed by atoms with van der Waals surface area (Å²) in [7, 11) is 0. The monoisotopic (exact) mass is 256 g/mol. The number of fused-ring (bicyclic) bond motifs is 1. The molecule has 1 aliphatic heterocycles. The molecule has 14 heavy (non-hydrogen) atoms. The normalized spacial score (nSPS) is 13.0. The fourth-order valence-corrected chi connectivity index (χ4v) is 1.86. The van der Waals surface area contributed by atoms with Crippen molar-refractivity contribution in [1.82, 2.24) is 0 Å². The predicted octanol–water partition coefficient (Wildman–Crippen LogP) is 2.77. The summed E-state index contributed by atoms with van der Waals surface area (Å²) >= 11 is 3.33.